The number of aromatic nitrogens is 1. The van der Waals surface area contributed by atoms with Crippen molar-refractivity contribution in [2.24, 2.45) is 5.92 Å². The van der Waals surface area contributed by atoms with Gasteiger partial charge in [0, 0.05) is 44.5 Å². The molecule has 1 aliphatic carbocycles. The van der Waals surface area contributed by atoms with Gasteiger partial charge in [0.25, 0.3) is 5.91 Å². The average molecular weight is 275 g/mol. The Labute approximate surface area is 118 Å². The van der Waals surface area contributed by atoms with E-state index in [9.17, 15) is 9.59 Å². The van der Waals surface area contributed by atoms with Crippen LogP contribution < -0.4 is 0 Å². The Morgan fingerprint density at radius 1 is 1.05 bits per heavy atom. The highest BCUT2D eigenvalue weighted by Crippen LogP contribution is 2.27. The molecule has 20 heavy (non-hydrogen) atoms. The first kappa shape index (κ1) is 13.2. The van der Waals surface area contributed by atoms with E-state index in [0.29, 0.717) is 37.6 Å². The van der Waals surface area contributed by atoms with E-state index in [1.54, 1.807) is 18.5 Å². The normalized spacial score (nSPS) is 20.4. The number of carbonyl (C=O) groups excluding carboxylic acids is 2. The number of piperazine rings is 1. The van der Waals surface area contributed by atoms with E-state index in [1.807, 2.05) is 9.80 Å². The zero-order valence-electron chi connectivity index (χ0n) is 11.7. The SMILES string of the molecule is O=C(c1cc[nH]c1)N1CCN(C(=O)C2CCCC2)CC1. The lowest BCUT2D eigenvalue weighted by Crippen LogP contribution is -2.51. The molecule has 5 heteroatoms. The summed E-state index contributed by atoms with van der Waals surface area (Å²) < 4.78 is 0. The number of carbonyl (C=O) groups is 2. The van der Waals surface area contributed by atoms with E-state index in [4.69, 9.17) is 0 Å². The highest BCUT2D eigenvalue weighted by atomic mass is 16.2. The molecule has 0 bridgehead atoms. The molecule has 0 spiro atoms. The van der Waals surface area contributed by atoms with Crippen LogP contribution in [0.3, 0.4) is 0 Å². The van der Waals surface area contributed by atoms with Gasteiger partial charge in [-0.05, 0) is 18.9 Å². The third kappa shape index (κ3) is 2.57. The summed E-state index contributed by atoms with van der Waals surface area (Å²) in [5, 5.41) is 0. The summed E-state index contributed by atoms with van der Waals surface area (Å²) in [5.41, 5.74) is 0.695. The molecule has 1 aromatic rings. The third-order valence-corrected chi connectivity index (χ3v) is 4.43. The third-order valence-electron chi connectivity index (χ3n) is 4.43. The van der Waals surface area contributed by atoms with Crippen molar-refractivity contribution in [2.75, 3.05) is 26.2 Å². The second-order valence-corrected chi connectivity index (χ2v) is 5.70. The molecule has 2 aliphatic rings. The number of rotatable bonds is 2. The van der Waals surface area contributed by atoms with Gasteiger partial charge in [-0.15, -0.1) is 0 Å². The summed E-state index contributed by atoms with van der Waals surface area (Å²) >= 11 is 0. The quantitative estimate of drug-likeness (QED) is 0.889. The standard InChI is InChI=1S/C15H21N3O2/c19-14(12-3-1-2-4-12)17-7-9-18(10-8-17)15(20)13-5-6-16-11-13/h5-6,11-12,16H,1-4,7-10H2. The maximum atomic E-state index is 12.3. The molecular weight excluding hydrogens is 254 g/mol. The van der Waals surface area contributed by atoms with Crippen LogP contribution >= 0.6 is 0 Å². The van der Waals surface area contributed by atoms with E-state index in [2.05, 4.69) is 4.98 Å². The number of amides is 2. The monoisotopic (exact) mass is 275 g/mol. The summed E-state index contributed by atoms with van der Waals surface area (Å²) in [6.07, 6.45) is 7.93. The van der Waals surface area contributed by atoms with Gasteiger partial charge in [-0.25, -0.2) is 0 Å². The summed E-state index contributed by atoms with van der Waals surface area (Å²) in [6.45, 7) is 2.63. The van der Waals surface area contributed by atoms with Gasteiger partial charge in [-0.1, -0.05) is 12.8 Å². The minimum absolute atomic E-state index is 0.0548. The molecule has 2 heterocycles. The minimum Gasteiger partial charge on any atom is -0.367 e. The van der Waals surface area contributed by atoms with E-state index in [-0.39, 0.29) is 11.8 Å². The van der Waals surface area contributed by atoms with Gasteiger partial charge in [-0.3, -0.25) is 9.59 Å². The fraction of sp³-hybridized carbons (Fsp3) is 0.600. The summed E-state index contributed by atoms with van der Waals surface area (Å²) in [6, 6.07) is 1.79. The van der Waals surface area contributed by atoms with Crippen LogP contribution in [0.1, 0.15) is 36.0 Å². The predicted molar refractivity (Wildman–Crippen MR) is 75.2 cm³/mol. The van der Waals surface area contributed by atoms with Crippen molar-refractivity contribution in [3.8, 4) is 0 Å². The lowest BCUT2D eigenvalue weighted by molar-refractivity contribution is -0.136. The molecule has 0 atom stereocenters. The second-order valence-electron chi connectivity index (χ2n) is 5.70. The van der Waals surface area contributed by atoms with Crippen LogP contribution in [0.25, 0.3) is 0 Å². The smallest absolute Gasteiger partial charge is 0.255 e. The molecule has 0 aromatic carbocycles. The van der Waals surface area contributed by atoms with Crippen molar-refractivity contribution in [3.63, 3.8) is 0 Å². The Morgan fingerprint density at radius 3 is 2.30 bits per heavy atom. The molecule has 1 saturated heterocycles. The Balaban J connectivity index is 1.54. The van der Waals surface area contributed by atoms with Gasteiger partial charge >= 0.3 is 0 Å². The first-order chi connectivity index (χ1) is 9.75. The first-order valence-electron chi connectivity index (χ1n) is 7.46. The number of nitrogens with zero attached hydrogens (tertiary/aromatic N) is 2. The number of nitrogens with one attached hydrogen (secondary N) is 1. The van der Waals surface area contributed by atoms with E-state index < -0.39 is 0 Å². The highest BCUT2D eigenvalue weighted by molar-refractivity contribution is 5.94. The first-order valence-corrected chi connectivity index (χ1v) is 7.46. The molecule has 1 aromatic heterocycles. The topological polar surface area (TPSA) is 56.4 Å². The van der Waals surface area contributed by atoms with Crippen molar-refractivity contribution in [3.05, 3.63) is 24.0 Å². The molecular formula is C15H21N3O2. The summed E-state index contributed by atoms with van der Waals surface area (Å²) in [4.78, 5) is 31.2. The Kier molecular flexibility index (Phi) is 3.76. The molecule has 0 radical (unpaired) electrons. The van der Waals surface area contributed by atoms with Crippen molar-refractivity contribution in [1.82, 2.24) is 14.8 Å². The Hall–Kier alpha value is -1.78. The van der Waals surface area contributed by atoms with E-state index in [1.165, 1.54) is 12.8 Å². The van der Waals surface area contributed by atoms with Crippen molar-refractivity contribution < 1.29 is 9.59 Å². The van der Waals surface area contributed by atoms with Crippen LogP contribution in [0.2, 0.25) is 0 Å². The van der Waals surface area contributed by atoms with Gasteiger partial charge in [-0.2, -0.15) is 0 Å². The van der Waals surface area contributed by atoms with Gasteiger partial charge in [0.05, 0.1) is 5.56 Å². The van der Waals surface area contributed by atoms with Gasteiger partial charge in [0.1, 0.15) is 0 Å². The highest BCUT2D eigenvalue weighted by Gasteiger charge is 2.30. The Bertz CT molecular complexity index is 469. The van der Waals surface area contributed by atoms with Crippen molar-refractivity contribution in [2.45, 2.75) is 25.7 Å². The van der Waals surface area contributed by atoms with Gasteiger partial charge in [0.15, 0.2) is 0 Å². The molecule has 5 nitrogen and oxygen atoms in total. The minimum atomic E-state index is 0.0548. The second kappa shape index (κ2) is 5.69. The van der Waals surface area contributed by atoms with Crippen molar-refractivity contribution >= 4 is 11.8 Å². The van der Waals surface area contributed by atoms with Crippen LogP contribution in [0, 0.1) is 5.92 Å². The van der Waals surface area contributed by atoms with Crippen molar-refractivity contribution in [1.29, 1.82) is 0 Å². The van der Waals surface area contributed by atoms with Crippen LogP contribution in [-0.4, -0.2) is 52.8 Å². The zero-order chi connectivity index (χ0) is 13.9. The lowest BCUT2D eigenvalue weighted by atomic mass is 10.1. The maximum absolute atomic E-state index is 12.3. The zero-order valence-corrected chi connectivity index (χ0v) is 11.7. The summed E-state index contributed by atoms with van der Waals surface area (Å²) in [5.74, 6) is 0.595. The molecule has 1 saturated carbocycles. The largest absolute Gasteiger partial charge is 0.367 e. The fourth-order valence-electron chi connectivity index (χ4n) is 3.20. The summed E-state index contributed by atoms with van der Waals surface area (Å²) in [7, 11) is 0. The molecule has 2 fully saturated rings. The Morgan fingerprint density at radius 2 is 1.70 bits per heavy atom. The molecule has 108 valence electrons. The van der Waals surface area contributed by atoms with Gasteiger partial charge in [0.2, 0.25) is 5.91 Å². The van der Waals surface area contributed by atoms with Crippen LogP contribution in [0.5, 0.6) is 0 Å². The predicted octanol–water partition coefficient (Wildman–Crippen LogP) is 1.49. The lowest BCUT2D eigenvalue weighted by Gasteiger charge is -2.35. The molecule has 1 N–H and O–H groups in total. The fourth-order valence-corrected chi connectivity index (χ4v) is 3.20. The number of aromatic amines is 1. The molecule has 0 unspecified atom stereocenters. The molecule has 2 amide bonds. The van der Waals surface area contributed by atoms with Crippen LogP contribution in [0.4, 0.5) is 0 Å². The molecule has 1 aliphatic heterocycles. The van der Waals surface area contributed by atoms with Gasteiger partial charge < -0.3 is 14.8 Å². The number of hydrogen-bond acceptors (Lipinski definition) is 2. The van der Waals surface area contributed by atoms with E-state index in [0.717, 1.165) is 12.8 Å². The maximum Gasteiger partial charge on any atom is 0.255 e. The van der Waals surface area contributed by atoms with Crippen LogP contribution in [-0.2, 0) is 4.79 Å². The molecule has 3 rings (SSSR count). The average Bonchev–Trinajstić information content (AvgIpc) is 3.18. The number of hydrogen-bond donors (Lipinski definition) is 1. The van der Waals surface area contributed by atoms with Crippen LogP contribution in [0.15, 0.2) is 18.5 Å². The van der Waals surface area contributed by atoms with E-state index >= 15 is 0 Å². The number of H-pyrrole nitrogens is 1.